The second kappa shape index (κ2) is 9.61. The number of ether oxygens (including phenoxy) is 1. The van der Waals surface area contributed by atoms with E-state index in [2.05, 4.69) is 55.5 Å². The van der Waals surface area contributed by atoms with Gasteiger partial charge in [0.05, 0.1) is 12.9 Å². The number of likely N-dealkylation sites (tertiary alicyclic amines) is 1. The van der Waals surface area contributed by atoms with E-state index in [-0.39, 0.29) is 11.9 Å². The topological polar surface area (TPSA) is 42.7 Å². The third kappa shape index (κ3) is 4.22. The fourth-order valence-corrected chi connectivity index (χ4v) is 5.38. The molecule has 1 unspecified atom stereocenters. The van der Waals surface area contributed by atoms with Crippen LogP contribution in [0.15, 0.2) is 65.3 Å². The molecule has 1 aromatic heterocycles. The second-order valence-electron chi connectivity index (χ2n) is 9.57. The van der Waals surface area contributed by atoms with Crippen molar-refractivity contribution in [1.82, 2.24) is 4.90 Å². The smallest absolute Gasteiger partial charge is 0.247 e. The Balaban J connectivity index is 1.66. The molecule has 1 fully saturated rings. The minimum Gasteiger partial charge on any atom is -0.493 e. The van der Waals surface area contributed by atoms with Crippen molar-refractivity contribution in [2.45, 2.75) is 53.0 Å². The number of piperidine rings is 1. The highest BCUT2D eigenvalue weighted by atomic mass is 16.5. The van der Waals surface area contributed by atoms with Crippen molar-refractivity contribution >= 4 is 33.2 Å². The number of fused-ring (bicyclic) bond motifs is 2. The Hall–Kier alpha value is -3.53. The molecule has 1 aliphatic rings. The largest absolute Gasteiger partial charge is 0.493 e. The molecule has 1 saturated heterocycles. The van der Waals surface area contributed by atoms with Gasteiger partial charge in [-0.25, -0.2) is 0 Å². The van der Waals surface area contributed by atoms with Crippen LogP contribution in [0.5, 0.6) is 5.75 Å². The van der Waals surface area contributed by atoms with Crippen molar-refractivity contribution in [1.29, 1.82) is 0 Å². The normalized spacial score (nSPS) is 16.7. The first-order valence-corrected chi connectivity index (χ1v) is 12.6. The summed E-state index contributed by atoms with van der Waals surface area (Å²) >= 11 is 0. The molecule has 4 aromatic rings. The highest BCUT2D eigenvalue weighted by molar-refractivity contribution is 6.07. The maximum absolute atomic E-state index is 13.2. The van der Waals surface area contributed by atoms with Gasteiger partial charge >= 0.3 is 0 Å². The molecular weight excluding hydrogens is 434 g/mol. The number of benzene rings is 3. The lowest BCUT2D eigenvalue weighted by molar-refractivity contribution is -0.129. The molecule has 2 heterocycles. The summed E-state index contributed by atoms with van der Waals surface area (Å²) < 4.78 is 12.2. The fraction of sp³-hybridized carbons (Fsp3) is 0.323. The second-order valence-corrected chi connectivity index (χ2v) is 9.57. The van der Waals surface area contributed by atoms with E-state index in [1.54, 1.807) is 6.08 Å². The van der Waals surface area contributed by atoms with Crippen LogP contribution < -0.4 is 4.74 Å². The minimum absolute atomic E-state index is 0.0800. The molecule has 0 N–H and O–H groups in total. The molecule has 1 aliphatic heterocycles. The third-order valence-electron chi connectivity index (χ3n) is 7.26. The van der Waals surface area contributed by atoms with Gasteiger partial charge in [0, 0.05) is 40.7 Å². The maximum atomic E-state index is 13.2. The molecule has 0 radical (unpaired) electrons. The van der Waals surface area contributed by atoms with Crippen LogP contribution in [0.1, 0.15) is 51.2 Å². The molecule has 180 valence electrons. The predicted molar refractivity (Wildman–Crippen MR) is 144 cm³/mol. The highest BCUT2D eigenvalue weighted by Crippen LogP contribution is 2.42. The monoisotopic (exact) mass is 467 g/mol. The Labute approximate surface area is 207 Å². The Morgan fingerprint density at radius 2 is 1.91 bits per heavy atom. The lowest BCUT2D eigenvalue weighted by Gasteiger charge is -2.32. The Kier molecular flexibility index (Phi) is 6.38. The molecule has 1 amide bonds. The van der Waals surface area contributed by atoms with E-state index >= 15 is 0 Å². The van der Waals surface area contributed by atoms with E-state index in [0.29, 0.717) is 6.61 Å². The van der Waals surface area contributed by atoms with Gasteiger partial charge in [-0.1, -0.05) is 42.5 Å². The first-order valence-electron chi connectivity index (χ1n) is 12.6. The van der Waals surface area contributed by atoms with E-state index in [1.165, 1.54) is 17.2 Å². The maximum Gasteiger partial charge on any atom is 0.247 e. The molecule has 0 spiro atoms. The number of aryl methyl sites for hydroxylation is 1. The summed E-state index contributed by atoms with van der Waals surface area (Å²) in [5.74, 6) is 0.864. The van der Waals surface area contributed by atoms with Crippen molar-refractivity contribution in [3.63, 3.8) is 0 Å². The molecule has 1 atom stereocenters. The van der Waals surface area contributed by atoms with E-state index in [9.17, 15) is 4.79 Å². The van der Waals surface area contributed by atoms with Crippen LogP contribution in [0.3, 0.4) is 0 Å². The first-order chi connectivity index (χ1) is 17.0. The Morgan fingerprint density at radius 3 is 2.71 bits per heavy atom. The summed E-state index contributed by atoms with van der Waals surface area (Å²) in [6.07, 6.45) is 6.95. The fourth-order valence-electron chi connectivity index (χ4n) is 5.38. The number of allylic oxidation sites excluding steroid dienone is 1. The number of furan rings is 1. The molecular formula is C31H33NO3. The van der Waals surface area contributed by atoms with Crippen molar-refractivity contribution in [2.75, 3.05) is 13.2 Å². The lowest BCUT2D eigenvalue weighted by atomic mass is 9.94. The van der Waals surface area contributed by atoms with Crippen LogP contribution in [-0.4, -0.2) is 30.0 Å². The van der Waals surface area contributed by atoms with Gasteiger partial charge in [0.15, 0.2) is 0 Å². The molecule has 3 aromatic carbocycles. The number of carbonyl (C=O) groups excluding carboxylic acids is 1. The molecule has 4 nitrogen and oxygen atoms in total. The average Bonchev–Trinajstić information content (AvgIpc) is 3.29. The van der Waals surface area contributed by atoms with E-state index in [0.717, 1.165) is 63.9 Å². The van der Waals surface area contributed by atoms with Gasteiger partial charge in [-0.3, -0.25) is 4.79 Å². The summed E-state index contributed by atoms with van der Waals surface area (Å²) in [5.41, 5.74) is 5.81. The van der Waals surface area contributed by atoms with Crippen LogP contribution in [0.4, 0.5) is 0 Å². The van der Waals surface area contributed by atoms with Gasteiger partial charge in [-0.2, -0.15) is 0 Å². The predicted octanol–water partition coefficient (Wildman–Crippen LogP) is 7.76. The zero-order chi connectivity index (χ0) is 24.5. The Morgan fingerprint density at radius 1 is 1.11 bits per heavy atom. The molecule has 0 bridgehead atoms. The standard InChI is InChI=1S/C31H33NO3/c1-5-34-30-22(4)31-27(18-26(30)20(2)17-29(33)32-16-9-8-11-21(32)3)28(19-35-31)25-15-10-13-23-12-6-7-14-24(23)25/h6-7,10,12-15,17-19,21H,5,8-9,11,16H2,1-4H3/b20-17+. The van der Waals surface area contributed by atoms with E-state index < -0.39 is 0 Å². The number of amides is 1. The van der Waals surface area contributed by atoms with Crippen molar-refractivity contribution in [3.05, 3.63) is 72.0 Å². The average molecular weight is 468 g/mol. The van der Waals surface area contributed by atoms with Gasteiger partial charge in [0.25, 0.3) is 0 Å². The van der Waals surface area contributed by atoms with Crippen LogP contribution in [-0.2, 0) is 4.79 Å². The summed E-state index contributed by atoms with van der Waals surface area (Å²) in [6, 6.07) is 17.2. The SMILES string of the molecule is CCOc1c(/C(C)=C/C(=O)N2CCCCC2C)cc2c(-c3cccc4ccccc34)coc2c1C. The lowest BCUT2D eigenvalue weighted by Crippen LogP contribution is -2.41. The molecule has 4 heteroatoms. The number of carbonyl (C=O) groups is 1. The molecule has 5 rings (SSSR count). The molecule has 0 saturated carbocycles. The van der Waals surface area contributed by atoms with E-state index in [4.69, 9.17) is 9.15 Å². The van der Waals surface area contributed by atoms with Crippen molar-refractivity contribution in [2.24, 2.45) is 0 Å². The summed E-state index contributed by atoms with van der Waals surface area (Å²) in [4.78, 5) is 15.2. The summed E-state index contributed by atoms with van der Waals surface area (Å²) in [6.45, 7) is 9.54. The molecule has 0 aliphatic carbocycles. The molecule has 35 heavy (non-hydrogen) atoms. The third-order valence-corrected chi connectivity index (χ3v) is 7.26. The van der Waals surface area contributed by atoms with Gasteiger partial charge < -0.3 is 14.1 Å². The van der Waals surface area contributed by atoms with Gasteiger partial charge in [0.1, 0.15) is 11.3 Å². The highest BCUT2D eigenvalue weighted by Gasteiger charge is 2.24. The van der Waals surface area contributed by atoms with Gasteiger partial charge in [-0.15, -0.1) is 0 Å². The number of nitrogens with zero attached hydrogens (tertiary/aromatic N) is 1. The van der Waals surface area contributed by atoms with Crippen LogP contribution in [0.2, 0.25) is 0 Å². The van der Waals surface area contributed by atoms with Crippen molar-refractivity contribution < 1.29 is 13.9 Å². The number of rotatable bonds is 5. The zero-order valence-corrected chi connectivity index (χ0v) is 21.1. The van der Waals surface area contributed by atoms with Crippen molar-refractivity contribution in [3.8, 4) is 16.9 Å². The van der Waals surface area contributed by atoms with Crippen LogP contribution >= 0.6 is 0 Å². The zero-order valence-electron chi connectivity index (χ0n) is 21.1. The summed E-state index contributed by atoms with van der Waals surface area (Å²) in [5, 5.41) is 3.41. The van der Waals surface area contributed by atoms with Crippen LogP contribution in [0, 0.1) is 6.92 Å². The number of hydrogen-bond donors (Lipinski definition) is 0. The quantitative estimate of drug-likeness (QED) is 0.282. The van der Waals surface area contributed by atoms with Gasteiger partial charge in [-0.05, 0) is 74.9 Å². The number of hydrogen-bond acceptors (Lipinski definition) is 3. The minimum atomic E-state index is 0.0800. The Bertz CT molecular complexity index is 1420. The van der Waals surface area contributed by atoms with Gasteiger partial charge in [0.2, 0.25) is 5.91 Å². The van der Waals surface area contributed by atoms with E-state index in [1.807, 2.05) is 31.9 Å². The first kappa shape index (κ1) is 23.2. The van der Waals surface area contributed by atoms with Crippen LogP contribution in [0.25, 0.3) is 38.4 Å². The summed E-state index contributed by atoms with van der Waals surface area (Å²) in [7, 11) is 0.